The maximum atomic E-state index is 12.5. The van der Waals surface area contributed by atoms with Crippen molar-refractivity contribution in [1.29, 1.82) is 0 Å². The molecule has 0 bridgehead atoms. The molecule has 1 N–H and O–H groups in total. The molecule has 1 amide bonds. The number of hydrogen-bond donors (Lipinski definition) is 1. The second kappa shape index (κ2) is 9.07. The number of fused-ring (bicyclic) bond motifs is 1. The van der Waals surface area contributed by atoms with Crippen LogP contribution in [-0.2, 0) is 17.6 Å². The summed E-state index contributed by atoms with van der Waals surface area (Å²) in [6, 6.07) is 6.33. The zero-order chi connectivity index (χ0) is 17.5. The van der Waals surface area contributed by atoms with Crippen molar-refractivity contribution in [3.8, 4) is 5.75 Å². The molecular formula is C22H31NO2. The molecule has 1 aromatic rings. The lowest BCUT2D eigenvalue weighted by Crippen LogP contribution is -2.38. The van der Waals surface area contributed by atoms with Gasteiger partial charge >= 0.3 is 0 Å². The molecule has 3 heteroatoms. The summed E-state index contributed by atoms with van der Waals surface area (Å²) in [5.41, 5.74) is 4.33. The van der Waals surface area contributed by atoms with E-state index in [9.17, 15) is 4.79 Å². The van der Waals surface area contributed by atoms with E-state index in [1.165, 1.54) is 61.6 Å². The number of ether oxygens (including phenoxy) is 1. The number of benzene rings is 1. The average molecular weight is 341 g/mol. The van der Waals surface area contributed by atoms with Crippen molar-refractivity contribution < 1.29 is 9.53 Å². The molecule has 0 fully saturated rings. The SMILES string of the molecule is CCC(Oc1ccc2c(c1)CCCC2)C(=O)NCCC1=CCCCC1. The zero-order valence-electron chi connectivity index (χ0n) is 15.5. The number of carbonyl (C=O) groups is 1. The molecule has 0 saturated heterocycles. The number of carbonyl (C=O) groups excluding carboxylic acids is 1. The zero-order valence-corrected chi connectivity index (χ0v) is 15.5. The van der Waals surface area contributed by atoms with Crippen molar-refractivity contribution in [2.45, 2.75) is 77.2 Å². The molecule has 0 saturated carbocycles. The van der Waals surface area contributed by atoms with Gasteiger partial charge < -0.3 is 10.1 Å². The van der Waals surface area contributed by atoms with Crippen molar-refractivity contribution in [3.05, 3.63) is 41.0 Å². The first kappa shape index (κ1) is 18.0. The second-order valence-electron chi connectivity index (χ2n) is 7.30. The highest BCUT2D eigenvalue weighted by Crippen LogP contribution is 2.26. The molecule has 136 valence electrons. The van der Waals surface area contributed by atoms with Gasteiger partial charge in [-0.3, -0.25) is 4.79 Å². The Hall–Kier alpha value is -1.77. The molecule has 1 unspecified atom stereocenters. The van der Waals surface area contributed by atoms with Gasteiger partial charge in [-0.15, -0.1) is 0 Å². The fourth-order valence-electron chi connectivity index (χ4n) is 3.86. The topological polar surface area (TPSA) is 38.3 Å². The highest BCUT2D eigenvalue weighted by molar-refractivity contribution is 5.81. The van der Waals surface area contributed by atoms with Gasteiger partial charge in [-0.2, -0.15) is 0 Å². The number of nitrogens with one attached hydrogen (secondary N) is 1. The molecule has 0 radical (unpaired) electrons. The van der Waals surface area contributed by atoms with E-state index < -0.39 is 6.10 Å². The molecule has 3 nitrogen and oxygen atoms in total. The quantitative estimate of drug-likeness (QED) is 0.728. The number of amides is 1. The Morgan fingerprint density at radius 2 is 1.92 bits per heavy atom. The third kappa shape index (κ3) is 5.10. The van der Waals surface area contributed by atoms with Crippen LogP contribution in [0.4, 0.5) is 0 Å². The van der Waals surface area contributed by atoms with E-state index in [2.05, 4.69) is 23.5 Å². The van der Waals surface area contributed by atoms with E-state index in [-0.39, 0.29) is 5.91 Å². The summed E-state index contributed by atoms with van der Waals surface area (Å²) in [4.78, 5) is 12.5. The number of rotatable bonds is 7. The van der Waals surface area contributed by atoms with E-state index in [1.807, 2.05) is 13.0 Å². The third-order valence-electron chi connectivity index (χ3n) is 5.39. The highest BCUT2D eigenvalue weighted by atomic mass is 16.5. The predicted molar refractivity (Wildman–Crippen MR) is 102 cm³/mol. The van der Waals surface area contributed by atoms with Gasteiger partial charge in [-0.05, 0) is 87.5 Å². The van der Waals surface area contributed by atoms with E-state index in [4.69, 9.17) is 4.74 Å². The van der Waals surface area contributed by atoms with E-state index in [0.717, 1.165) is 18.6 Å². The minimum atomic E-state index is -0.401. The van der Waals surface area contributed by atoms with Crippen LogP contribution in [0, 0.1) is 0 Å². The van der Waals surface area contributed by atoms with Crippen molar-refractivity contribution in [2.75, 3.05) is 6.54 Å². The van der Waals surface area contributed by atoms with Crippen LogP contribution in [-0.4, -0.2) is 18.6 Å². The molecule has 2 aliphatic carbocycles. The fraction of sp³-hybridized carbons (Fsp3) is 0.591. The van der Waals surface area contributed by atoms with Gasteiger partial charge in [0.05, 0.1) is 0 Å². The predicted octanol–water partition coefficient (Wildman–Crippen LogP) is 4.73. The van der Waals surface area contributed by atoms with E-state index >= 15 is 0 Å². The minimum absolute atomic E-state index is 0.0108. The number of hydrogen-bond acceptors (Lipinski definition) is 2. The van der Waals surface area contributed by atoms with Gasteiger partial charge in [0, 0.05) is 6.54 Å². The maximum Gasteiger partial charge on any atom is 0.261 e. The Morgan fingerprint density at radius 1 is 1.12 bits per heavy atom. The Morgan fingerprint density at radius 3 is 2.68 bits per heavy atom. The van der Waals surface area contributed by atoms with Gasteiger partial charge in [0.15, 0.2) is 6.10 Å². The first-order chi connectivity index (χ1) is 12.3. The van der Waals surface area contributed by atoms with Crippen LogP contribution in [0.15, 0.2) is 29.8 Å². The molecule has 1 atom stereocenters. The van der Waals surface area contributed by atoms with Crippen molar-refractivity contribution in [3.63, 3.8) is 0 Å². The molecule has 0 heterocycles. The Balaban J connectivity index is 1.51. The molecule has 0 aromatic heterocycles. The van der Waals surface area contributed by atoms with Crippen LogP contribution in [0.1, 0.15) is 69.4 Å². The van der Waals surface area contributed by atoms with Gasteiger partial charge in [-0.25, -0.2) is 0 Å². The van der Waals surface area contributed by atoms with Gasteiger partial charge in [0.25, 0.3) is 5.91 Å². The summed E-state index contributed by atoms with van der Waals surface area (Å²) >= 11 is 0. The molecule has 25 heavy (non-hydrogen) atoms. The van der Waals surface area contributed by atoms with Gasteiger partial charge in [-0.1, -0.05) is 24.6 Å². The molecule has 0 aliphatic heterocycles. The molecule has 2 aliphatic rings. The first-order valence-corrected chi connectivity index (χ1v) is 10.0. The Bertz CT molecular complexity index is 620. The lowest BCUT2D eigenvalue weighted by Gasteiger charge is -2.21. The minimum Gasteiger partial charge on any atom is -0.481 e. The number of aryl methyl sites for hydroxylation is 2. The number of allylic oxidation sites excluding steroid dienone is 1. The molecular weight excluding hydrogens is 310 g/mol. The van der Waals surface area contributed by atoms with E-state index in [1.54, 1.807) is 0 Å². The van der Waals surface area contributed by atoms with Crippen LogP contribution < -0.4 is 10.1 Å². The molecule has 3 rings (SSSR count). The summed E-state index contributed by atoms with van der Waals surface area (Å²) in [5, 5.41) is 3.06. The average Bonchev–Trinajstić information content (AvgIpc) is 2.66. The smallest absolute Gasteiger partial charge is 0.261 e. The van der Waals surface area contributed by atoms with Crippen LogP contribution in [0.2, 0.25) is 0 Å². The summed E-state index contributed by atoms with van der Waals surface area (Å²) < 4.78 is 6.01. The lowest BCUT2D eigenvalue weighted by molar-refractivity contribution is -0.128. The van der Waals surface area contributed by atoms with Crippen LogP contribution >= 0.6 is 0 Å². The standard InChI is InChI=1S/C22H31NO2/c1-2-21(22(24)23-15-14-17-8-4-3-5-9-17)25-20-13-12-18-10-6-7-11-19(18)16-20/h8,12-13,16,21H,2-7,9-11,14-15H2,1H3,(H,23,24). The normalized spacial score (nSPS) is 18.0. The van der Waals surface area contributed by atoms with Crippen molar-refractivity contribution in [2.24, 2.45) is 0 Å². The Labute approximate surface area is 151 Å². The summed E-state index contributed by atoms with van der Waals surface area (Å²) in [6.45, 7) is 2.72. The van der Waals surface area contributed by atoms with Gasteiger partial charge in [0.1, 0.15) is 5.75 Å². The van der Waals surface area contributed by atoms with Crippen LogP contribution in [0.5, 0.6) is 5.75 Å². The van der Waals surface area contributed by atoms with Crippen LogP contribution in [0.25, 0.3) is 0 Å². The van der Waals surface area contributed by atoms with Crippen molar-refractivity contribution in [1.82, 2.24) is 5.32 Å². The largest absolute Gasteiger partial charge is 0.481 e. The summed E-state index contributed by atoms with van der Waals surface area (Å²) in [6.07, 6.45) is 13.4. The Kier molecular flexibility index (Phi) is 6.55. The molecule has 0 spiro atoms. The van der Waals surface area contributed by atoms with Crippen molar-refractivity contribution >= 4 is 5.91 Å². The highest BCUT2D eigenvalue weighted by Gasteiger charge is 2.19. The summed E-state index contributed by atoms with van der Waals surface area (Å²) in [5.74, 6) is 0.842. The fourth-order valence-corrected chi connectivity index (χ4v) is 3.86. The third-order valence-corrected chi connectivity index (χ3v) is 5.39. The van der Waals surface area contributed by atoms with E-state index in [0.29, 0.717) is 13.0 Å². The van der Waals surface area contributed by atoms with Gasteiger partial charge in [0.2, 0.25) is 0 Å². The molecule has 1 aromatic carbocycles. The lowest BCUT2D eigenvalue weighted by atomic mass is 9.92. The second-order valence-corrected chi connectivity index (χ2v) is 7.30. The maximum absolute atomic E-state index is 12.5. The summed E-state index contributed by atoms with van der Waals surface area (Å²) in [7, 11) is 0. The monoisotopic (exact) mass is 341 g/mol. The first-order valence-electron chi connectivity index (χ1n) is 10.0. The van der Waals surface area contributed by atoms with Crippen LogP contribution in [0.3, 0.4) is 0 Å².